The van der Waals surface area contributed by atoms with Crippen LogP contribution in [0.5, 0.6) is 0 Å². The van der Waals surface area contributed by atoms with Crippen molar-refractivity contribution >= 4 is 21.8 Å². The van der Waals surface area contributed by atoms with E-state index < -0.39 is 17.8 Å². The molecule has 1 rings (SSSR count). The van der Waals surface area contributed by atoms with Gasteiger partial charge in [-0.1, -0.05) is 15.9 Å². The average molecular weight is 318 g/mol. The number of benzene rings is 1. The number of nitrogens with one attached hydrogen (secondary N) is 1. The van der Waals surface area contributed by atoms with E-state index in [1.165, 1.54) is 12.1 Å². The van der Waals surface area contributed by atoms with Gasteiger partial charge in [-0.3, -0.25) is 4.79 Å². The maximum absolute atomic E-state index is 13.2. The summed E-state index contributed by atoms with van der Waals surface area (Å²) >= 11 is 3.30. The average Bonchev–Trinajstić information content (AvgIpc) is 2.27. The van der Waals surface area contributed by atoms with Gasteiger partial charge in [-0.2, -0.15) is 0 Å². The molecule has 0 heterocycles. The second-order valence-electron chi connectivity index (χ2n) is 4.26. The molecule has 18 heavy (non-hydrogen) atoms. The molecule has 0 fully saturated rings. The van der Waals surface area contributed by atoms with Crippen molar-refractivity contribution in [2.45, 2.75) is 6.04 Å². The molecule has 1 aromatic carbocycles. The van der Waals surface area contributed by atoms with E-state index in [4.69, 9.17) is 5.73 Å². The summed E-state index contributed by atoms with van der Waals surface area (Å²) in [6.45, 7) is 1.35. The molecule has 0 saturated carbocycles. The molecule has 0 spiro atoms. The number of hydrogen-bond donors (Lipinski definition) is 2. The molecule has 1 aromatic rings. The van der Waals surface area contributed by atoms with Crippen LogP contribution >= 0.6 is 15.9 Å². The molecule has 6 heteroatoms. The quantitative estimate of drug-likeness (QED) is 0.830. The topological polar surface area (TPSA) is 58.4 Å². The van der Waals surface area contributed by atoms with Gasteiger partial charge < -0.3 is 16.0 Å². The van der Waals surface area contributed by atoms with Crippen molar-refractivity contribution in [2.24, 2.45) is 5.73 Å². The molecule has 0 bridgehead atoms. The highest BCUT2D eigenvalue weighted by atomic mass is 79.9. The van der Waals surface area contributed by atoms with Crippen molar-refractivity contribution in [3.05, 3.63) is 34.1 Å². The number of hydrogen-bond acceptors (Lipinski definition) is 3. The van der Waals surface area contributed by atoms with Crippen molar-refractivity contribution in [1.82, 2.24) is 10.2 Å². The number of likely N-dealkylation sites (N-methyl/N-ethyl adjacent to an activating group) is 1. The van der Waals surface area contributed by atoms with Crippen LogP contribution in [-0.4, -0.2) is 38.0 Å². The molecule has 1 atom stereocenters. The molecule has 0 aliphatic rings. The molecule has 3 N–H and O–H groups in total. The monoisotopic (exact) mass is 317 g/mol. The smallest absolute Gasteiger partial charge is 0.239 e. The Morgan fingerprint density at radius 1 is 1.56 bits per heavy atom. The van der Waals surface area contributed by atoms with Gasteiger partial charge in [0.2, 0.25) is 5.91 Å². The zero-order valence-electron chi connectivity index (χ0n) is 10.4. The number of amides is 1. The van der Waals surface area contributed by atoms with E-state index in [1.54, 1.807) is 6.07 Å². The predicted molar refractivity (Wildman–Crippen MR) is 72.6 cm³/mol. The van der Waals surface area contributed by atoms with E-state index in [1.807, 2.05) is 19.0 Å². The molecule has 0 saturated heterocycles. The van der Waals surface area contributed by atoms with Crippen molar-refractivity contribution in [3.63, 3.8) is 0 Å². The van der Waals surface area contributed by atoms with Crippen molar-refractivity contribution in [2.75, 3.05) is 27.2 Å². The van der Waals surface area contributed by atoms with Gasteiger partial charge in [0.1, 0.15) is 11.9 Å². The van der Waals surface area contributed by atoms with Gasteiger partial charge in [-0.05, 0) is 37.9 Å². The first-order valence-electron chi connectivity index (χ1n) is 5.54. The SMILES string of the molecule is CN(C)CCNC(C(N)=O)c1cc(F)ccc1Br. The van der Waals surface area contributed by atoms with E-state index in [9.17, 15) is 9.18 Å². The number of halogens is 2. The van der Waals surface area contributed by atoms with Crippen LogP contribution in [0.2, 0.25) is 0 Å². The molecule has 1 amide bonds. The Bertz CT molecular complexity index is 426. The summed E-state index contributed by atoms with van der Waals surface area (Å²) < 4.78 is 13.9. The van der Waals surface area contributed by atoms with E-state index in [-0.39, 0.29) is 0 Å². The predicted octanol–water partition coefficient (Wildman–Crippen LogP) is 1.27. The lowest BCUT2D eigenvalue weighted by Crippen LogP contribution is -2.37. The molecule has 0 radical (unpaired) electrons. The van der Waals surface area contributed by atoms with Gasteiger partial charge in [0.25, 0.3) is 0 Å². The molecular formula is C12H17BrFN3O. The first-order valence-corrected chi connectivity index (χ1v) is 6.33. The highest BCUT2D eigenvalue weighted by Gasteiger charge is 2.20. The number of carbonyl (C=O) groups is 1. The Morgan fingerprint density at radius 2 is 2.22 bits per heavy atom. The van der Waals surface area contributed by atoms with E-state index in [0.717, 1.165) is 6.54 Å². The second kappa shape index (κ2) is 6.82. The Hall–Kier alpha value is -0.980. The summed E-state index contributed by atoms with van der Waals surface area (Å²) in [7, 11) is 3.86. The van der Waals surface area contributed by atoms with Crippen molar-refractivity contribution < 1.29 is 9.18 Å². The van der Waals surface area contributed by atoms with E-state index in [0.29, 0.717) is 16.6 Å². The third-order valence-electron chi connectivity index (χ3n) is 2.46. The molecule has 4 nitrogen and oxygen atoms in total. The minimum absolute atomic E-state index is 0.395. The fourth-order valence-electron chi connectivity index (χ4n) is 1.53. The molecule has 0 aliphatic heterocycles. The van der Waals surface area contributed by atoms with E-state index >= 15 is 0 Å². The summed E-state index contributed by atoms with van der Waals surface area (Å²) in [5, 5.41) is 3.02. The van der Waals surface area contributed by atoms with Gasteiger partial charge in [-0.15, -0.1) is 0 Å². The number of primary amides is 1. The van der Waals surface area contributed by atoms with Gasteiger partial charge >= 0.3 is 0 Å². The van der Waals surface area contributed by atoms with Crippen LogP contribution in [0.15, 0.2) is 22.7 Å². The van der Waals surface area contributed by atoms with Crippen molar-refractivity contribution in [1.29, 1.82) is 0 Å². The third kappa shape index (κ3) is 4.36. The molecule has 100 valence electrons. The first kappa shape index (κ1) is 15.1. The Labute approximate surface area is 114 Å². The Morgan fingerprint density at radius 3 is 2.78 bits per heavy atom. The van der Waals surface area contributed by atoms with Crippen LogP contribution in [0.1, 0.15) is 11.6 Å². The number of nitrogens with two attached hydrogens (primary N) is 1. The molecular weight excluding hydrogens is 301 g/mol. The van der Waals surface area contributed by atoms with E-state index in [2.05, 4.69) is 21.2 Å². The maximum Gasteiger partial charge on any atom is 0.239 e. The summed E-state index contributed by atoms with van der Waals surface area (Å²) in [6.07, 6.45) is 0. The largest absolute Gasteiger partial charge is 0.368 e. The van der Waals surface area contributed by atoms with Gasteiger partial charge in [0.15, 0.2) is 0 Å². The van der Waals surface area contributed by atoms with Crippen LogP contribution in [0.3, 0.4) is 0 Å². The first-order chi connectivity index (χ1) is 8.41. The molecule has 0 aromatic heterocycles. The lowest BCUT2D eigenvalue weighted by atomic mass is 10.1. The lowest BCUT2D eigenvalue weighted by Gasteiger charge is -2.19. The Balaban J connectivity index is 2.84. The van der Waals surface area contributed by atoms with Crippen LogP contribution in [0, 0.1) is 5.82 Å². The van der Waals surface area contributed by atoms with Gasteiger partial charge in [0, 0.05) is 17.6 Å². The summed E-state index contributed by atoms with van der Waals surface area (Å²) in [6, 6.07) is 3.50. The van der Waals surface area contributed by atoms with Crippen LogP contribution < -0.4 is 11.1 Å². The number of carbonyl (C=O) groups excluding carboxylic acids is 1. The summed E-state index contributed by atoms with van der Waals surface area (Å²) in [5.41, 5.74) is 5.86. The standard InChI is InChI=1S/C12H17BrFN3O/c1-17(2)6-5-16-11(12(15)18)9-7-8(14)3-4-10(9)13/h3-4,7,11,16H,5-6H2,1-2H3,(H2,15,18). The number of nitrogens with zero attached hydrogens (tertiary/aromatic N) is 1. The lowest BCUT2D eigenvalue weighted by molar-refractivity contribution is -0.120. The molecule has 0 aliphatic carbocycles. The van der Waals surface area contributed by atoms with Crippen molar-refractivity contribution in [3.8, 4) is 0 Å². The zero-order valence-corrected chi connectivity index (χ0v) is 12.0. The highest BCUT2D eigenvalue weighted by Crippen LogP contribution is 2.24. The third-order valence-corrected chi connectivity index (χ3v) is 3.18. The number of rotatable bonds is 6. The summed E-state index contributed by atoms with van der Waals surface area (Å²) in [4.78, 5) is 13.4. The fourth-order valence-corrected chi connectivity index (χ4v) is 2.01. The van der Waals surface area contributed by atoms with Crippen LogP contribution in [-0.2, 0) is 4.79 Å². The van der Waals surface area contributed by atoms with Gasteiger partial charge in [0.05, 0.1) is 0 Å². The van der Waals surface area contributed by atoms with Gasteiger partial charge in [-0.25, -0.2) is 4.39 Å². The summed E-state index contributed by atoms with van der Waals surface area (Å²) in [5.74, 6) is -0.922. The Kier molecular flexibility index (Phi) is 5.71. The second-order valence-corrected chi connectivity index (χ2v) is 5.11. The highest BCUT2D eigenvalue weighted by molar-refractivity contribution is 9.10. The maximum atomic E-state index is 13.2. The molecule has 1 unspecified atom stereocenters. The normalized spacial score (nSPS) is 12.7. The fraction of sp³-hybridized carbons (Fsp3) is 0.417. The zero-order chi connectivity index (χ0) is 13.7. The minimum atomic E-state index is -0.699. The minimum Gasteiger partial charge on any atom is -0.368 e. The van der Waals surface area contributed by atoms with Crippen LogP contribution in [0.25, 0.3) is 0 Å². The van der Waals surface area contributed by atoms with Crippen LogP contribution in [0.4, 0.5) is 4.39 Å².